The van der Waals surface area contributed by atoms with Crippen LogP contribution in [-0.2, 0) is 6.54 Å². The lowest BCUT2D eigenvalue weighted by atomic mass is 10.3. The first-order valence-corrected chi connectivity index (χ1v) is 4.72. The monoisotopic (exact) mass is 186 g/mol. The van der Waals surface area contributed by atoms with Gasteiger partial charge in [-0.25, -0.2) is 0 Å². The molecule has 0 spiro atoms. The van der Waals surface area contributed by atoms with Crippen molar-refractivity contribution >= 4 is 11.5 Å². The quantitative estimate of drug-likeness (QED) is 0.709. The molecule has 0 aliphatic heterocycles. The van der Waals surface area contributed by atoms with E-state index < -0.39 is 0 Å². The van der Waals surface area contributed by atoms with Gasteiger partial charge in [0.15, 0.2) is 0 Å². The summed E-state index contributed by atoms with van der Waals surface area (Å²) in [6, 6.07) is 0.353. The molecule has 4 nitrogen and oxygen atoms in total. The van der Waals surface area contributed by atoms with Crippen molar-refractivity contribution in [3.05, 3.63) is 10.6 Å². The smallest absolute Gasteiger partial charge is 0.0769 e. The highest BCUT2D eigenvalue weighted by molar-refractivity contribution is 7.05. The van der Waals surface area contributed by atoms with E-state index in [0.29, 0.717) is 12.6 Å². The van der Waals surface area contributed by atoms with Gasteiger partial charge in [-0.05, 0) is 25.4 Å². The molecule has 1 rings (SSSR count). The number of aryl methyl sites for hydroxylation is 1. The van der Waals surface area contributed by atoms with Crippen molar-refractivity contribution in [2.24, 2.45) is 5.73 Å². The molecule has 0 aromatic carbocycles. The molecule has 0 amide bonds. The fraction of sp³-hybridized carbons (Fsp3) is 0.714. The minimum atomic E-state index is 0.353. The largest absolute Gasteiger partial charge is 0.329 e. The molecular formula is C7H14N4S. The number of hydrogen-bond donors (Lipinski definition) is 2. The van der Waals surface area contributed by atoms with Gasteiger partial charge in [0.25, 0.3) is 0 Å². The Bertz CT molecular complexity index is 235. The van der Waals surface area contributed by atoms with Gasteiger partial charge >= 0.3 is 0 Å². The molecule has 0 fully saturated rings. The first-order valence-electron chi connectivity index (χ1n) is 3.95. The van der Waals surface area contributed by atoms with Crippen LogP contribution in [0.5, 0.6) is 0 Å². The molecule has 1 aromatic rings. The van der Waals surface area contributed by atoms with E-state index in [2.05, 4.69) is 21.8 Å². The van der Waals surface area contributed by atoms with Crippen molar-refractivity contribution in [2.45, 2.75) is 26.4 Å². The summed E-state index contributed by atoms with van der Waals surface area (Å²) in [5.41, 5.74) is 6.47. The Kier molecular flexibility index (Phi) is 3.58. The summed E-state index contributed by atoms with van der Waals surface area (Å²) in [7, 11) is 0. The summed E-state index contributed by atoms with van der Waals surface area (Å²) in [5, 5.41) is 7.20. The predicted octanol–water partition coefficient (Wildman–Crippen LogP) is 0.283. The summed E-state index contributed by atoms with van der Waals surface area (Å²) in [5.74, 6) is 0. The molecule has 68 valence electrons. The number of nitrogens with zero attached hydrogens (tertiary/aromatic N) is 2. The first-order chi connectivity index (χ1) is 5.74. The lowest BCUT2D eigenvalue weighted by Gasteiger charge is -2.09. The third kappa shape index (κ3) is 2.51. The van der Waals surface area contributed by atoms with Gasteiger partial charge in [0.1, 0.15) is 0 Å². The highest BCUT2D eigenvalue weighted by Gasteiger charge is 2.03. The SMILES string of the molecule is Cc1nnsc1CNC(C)CN. The van der Waals surface area contributed by atoms with Gasteiger partial charge in [-0.2, -0.15) is 0 Å². The Balaban J connectivity index is 2.38. The molecule has 0 aliphatic rings. The maximum absolute atomic E-state index is 5.46. The fourth-order valence-corrected chi connectivity index (χ4v) is 1.35. The Hall–Kier alpha value is -0.520. The molecule has 3 N–H and O–H groups in total. The molecule has 0 bridgehead atoms. The molecule has 1 aromatic heterocycles. The van der Waals surface area contributed by atoms with Crippen molar-refractivity contribution in [2.75, 3.05) is 6.54 Å². The minimum absolute atomic E-state index is 0.353. The topological polar surface area (TPSA) is 63.8 Å². The minimum Gasteiger partial charge on any atom is -0.329 e. The zero-order chi connectivity index (χ0) is 8.97. The van der Waals surface area contributed by atoms with Crippen molar-refractivity contribution in [1.29, 1.82) is 0 Å². The first kappa shape index (κ1) is 9.57. The Morgan fingerprint density at radius 1 is 1.67 bits per heavy atom. The summed E-state index contributed by atoms with van der Waals surface area (Å²) in [4.78, 5) is 1.19. The van der Waals surface area contributed by atoms with Crippen LogP contribution in [0.4, 0.5) is 0 Å². The van der Waals surface area contributed by atoms with Gasteiger partial charge in [0.2, 0.25) is 0 Å². The lowest BCUT2D eigenvalue weighted by Crippen LogP contribution is -2.32. The van der Waals surface area contributed by atoms with Crippen LogP contribution in [-0.4, -0.2) is 22.2 Å². The predicted molar refractivity (Wildman–Crippen MR) is 50.0 cm³/mol. The van der Waals surface area contributed by atoms with Crippen LogP contribution in [0.3, 0.4) is 0 Å². The van der Waals surface area contributed by atoms with Crippen LogP contribution in [0.15, 0.2) is 0 Å². The molecule has 1 atom stereocenters. The third-order valence-electron chi connectivity index (χ3n) is 1.71. The van der Waals surface area contributed by atoms with Crippen molar-refractivity contribution < 1.29 is 0 Å². The molecule has 0 radical (unpaired) electrons. The second kappa shape index (κ2) is 4.49. The average molecular weight is 186 g/mol. The number of hydrogen-bond acceptors (Lipinski definition) is 5. The van der Waals surface area contributed by atoms with Crippen LogP contribution < -0.4 is 11.1 Å². The molecule has 1 unspecified atom stereocenters. The Morgan fingerprint density at radius 2 is 2.42 bits per heavy atom. The summed E-state index contributed by atoms with van der Waals surface area (Å²) in [6.07, 6.45) is 0. The van der Waals surface area contributed by atoms with Crippen molar-refractivity contribution in [1.82, 2.24) is 14.9 Å². The van der Waals surface area contributed by atoms with E-state index in [1.807, 2.05) is 6.92 Å². The lowest BCUT2D eigenvalue weighted by molar-refractivity contribution is 0.558. The molecule has 0 saturated carbocycles. The standard InChI is InChI=1S/C7H14N4S/c1-5(3-8)9-4-7-6(2)10-11-12-7/h5,9H,3-4,8H2,1-2H3. The van der Waals surface area contributed by atoms with E-state index in [1.165, 1.54) is 16.4 Å². The van der Waals surface area contributed by atoms with E-state index in [0.717, 1.165) is 12.2 Å². The van der Waals surface area contributed by atoms with Crippen LogP contribution in [0.1, 0.15) is 17.5 Å². The van der Waals surface area contributed by atoms with Gasteiger partial charge in [0, 0.05) is 19.1 Å². The summed E-state index contributed by atoms with van der Waals surface area (Å²) in [6.45, 7) is 5.50. The molecule has 0 aliphatic carbocycles. The second-order valence-electron chi connectivity index (χ2n) is 2.80. The number of nitrogens with two attached hydrogens (primary N) is 1. The van der Waals surface area contributed by atoms with Crippen molar-refractivity contribution in [3.63, 3.8) is 0 Å². The zero-order valence-corrected chi connectivity index (χ0v) is 8.19. The van der Waals surface area contributed by atoms with Crippen molar-refractivity contribution in [3.8, 4) is 0 Å². The molecule has 12 heavy (non-hydrogen) atoms. The van der Waals surface area contributed by atoms with E-state index in [9.17, 15) is 0 Å². The zero-order valence-electron chi connectivity index (χ0n) is 7.37. The van der Waals surface area contributed by atoms with Gasteiger partial charge in [-0.3, -0.25) is 0 Å². The maximum Gasteiger partial charge on any atom is 0.0769 e. The maximum atomic E-state index is 5.46. The second-order valence-corrected chi connectivity index (χ2v) is 3.64. The van der Waals surface area contributed by atoms with Crippen LogP contribution in [0.25, 0.3) is 0 Å². The van der Waals surface area contributed by atoms with Crippen LogP contribution in [0.2, 0.25) is 0 Å². The highest BCUT2D eigenvalue weighted by atomic mass is 32.1. The summed E-state index contributed by atoms with van der Waals surface area (Å²) >= 11 is 1.44. The van der Waals surface area contributed by atoms with E-state index >= 15 is 0 Å². The molecule has 0 saturated heterocycles. The van der Waals surface area contributed by atoms with E-state index in [1.54, 1.807) is 0 Å². The number of aromatic nitrogens is 2. The van der Waals surface area contributed by atoms with Gasteiger partial charge in [-0.15, -0.1) is 5.10 Å². The van der Waals surface area contributed by atoms with Gasteiger partial charge < -0.3 is 11.1 Å². The van der Waals surface area contributed by atoms with E-state index in [4.69, 9.17) is 5.73 Å². The Morgan fingerprint density at radius 3 is 2.92 bits per heavy atom. The molecular weight excluding hydrogens is 172 g/mol. The highest BCUT2D eigenvalue weighted by Crippen LogP contribution is 2.07. The number of nitrogens with one attached hydrogen (secondary N) is 1. The normalized spacial score (nSPS) is 13.2. The van der Waals surface area contributed by atoms with E-state index in [-0.39, 0.29) is 0 Å². The fourth-order valence-electron chi connectivity index (χ4n) is 0.763. The average Bonchev–Trinajstić information content (AvgIpc) is 2.47. The summed E-state index contributed by atoms with van der Waals surface area (Å²) < 4.78 is 3.85. The Labute approximate surface area is 76.3 Å². The molecule has 1 heterocycles. The van der Waals surface area contributed by atoms with Gasteiger partial charge in [-0.1, -0.05) is 4.49 Å². The van der Waals surface area contributed by atoms with Gasteiger partial charge in [0.05, 0.1) is 10.6 Å². The third-order valence-corrected chi connectivity index (χ3v) is 2.53. The van der Waals surface area contributed by atoms with Crippen LogP contribution in [0, 0.1) is 6.92 Å². The molecule has 5 heteroatoms. The van der Waals surface area contributed by atoms with Crippen LogP contribution >= 0.6 is 11.5 Å². The number of rotatable bonds is 4.